The fourth-order valence-electron chi connectivity index (χ4n) is 1.69. The highest BCUT2D eigenvalue weighted by atomic mass is 79.9. The summed E-state index contributed by atoms with van der Waals surface area (Å²) in [5, 5.41) is 3.82. The lowest BCUT2D eigenvalue weighted by Gasteiger charge is -2.18. The summed E-state index contributed by atoms with van der Waals surface area (Å²) in [4.78, 5) is 4.10. The van der Waals surface area contributed by atoms with E-state index in [9.17, 15) is 0 Å². The normalized spacial score (nSPS) is 12.3. The van der Waals surface area contributed by atoms with E-state index in [-0.39, 0.29) is 6.04 Å². The summed E-state index contributed by atoms with van der Waals surface area (Å²) < 4.78 is 2.97. The maximum absolute atomic E-state index is 6.08. The SMILES string of the molecule is CC(Nc1cc(Br)cnc1Cl)c1ccc(Br)cc1Br. The number of aromatic nitrogens is 1. The minimum atomic E-state index is 0.107. The van der Waals surface area contributed by atoms with Crippen LogP contribution in [0.15, 0.2) is 43.9 Å². The summed E-state index contributed by atoms with van der Waals surface area (Å²) in [7, 11) is 0. The van der Waals surface area contributed by atoms with E-state index in [1.807, 2.05) is 18.2 Å². The number of rotatable bonds is 3. The van der Waals surface area contributed by atoms with Crippen LogP contribution in [0.5, 0.6) is 0 Å². The first-order valence-electron chi connectivity index (χ1n) is 5.50. The van der Waals surface area contributed by atoms with Crippen LogP contribution >= 0.6 is 59.4 Å². The van der Waals surface area contributed by atoms with Crippen LogP contribution in [0.1, 0.15) is 18.5 Å². The Hall–Kier alpha value is -0.100. The van der Waals surface area contributed by atoms with E-state index >= 15 is 0 Å². The number of nitrogens with zero attached hydrogens (tertiary/aromatic N) is 1. The molecule has 0 spiro atoms. The smallest absolute Gasteiger partial charge is 0.152 e. The van der Waals surface area contributed by atoms with E-state index in [1.54, 1.807) is 6.20 Å². The Bertz CT molecular complexity index is 604. The lowest BCUT2D eigenvalue weighted by molar-refractivity contribution is 0.876. The molecule has 1 aromatic heterocycles. The molecule has 0 bridgehead atoms. The molecule has 1 aromatic carbocycles. The van der Waals surface area contributed by atoms with E-state index in [4.69, 9.17) is 11.6 Å². The van der Waals surface area contributed by atoms with Crippen LogP contribution in [0.25, 0.3) is 0 Å². The average molecular weight is 469 g/mol. The fourth-order valence-corrected chi connectivity index (χ4v) is 3.57. The zero-order valence-corrected chi connectivity index (χ0v) is 15.4. The molecule has 1 atom stereocenters. The van der Waals surface area contributed by atoms with E-state index in [1.165, 1.54) is 0 Å². The minimum Gasteiger partial charge on any atom is -0.376 e. The fraction of sp³-hybridized carbons (Fsp3) is 0.154. The van der Waals surface area contributed by atoms with Gasteiger partial charge in [-0.1, -0.05) is 49.5 Å². The molecule has 0 fully saturated rings. The van der Waals surface area contributed by atoms with Gasteiger partial charge in [-0.3, -0.25) is 0 Å². The second kappa shape index (κ2) is 6.57. The molecular formula is C13H10Br3ClN2. The molecule has 19 heavy (non-hydrogen) atoms. The molecular weight excluding hydrogens is 459 g/mol. The Labute approximate surface area is 142 Å². The molecule has 0 radical (unpaired) electrons. The molecule has 100 valence electrons. The number of anilines is 1. The standard InChI is InChI=1S/C13H10Br3ClN2/c1-7(10-3-2-8(14)4-11(10)16)19-12-5-9(15)6-18-13(12)17/h2-7,19H,1H3. The van der Waals surface area contributed by atoms with Gasteiger partial charge >= 0.3 is 0 Å². The van der Waals surface area contributed by atoms with Gasteiger partial charge < -0.3 is 5.32 Å². The van der Waals surface area contributed by atoms with Gasteiger partial charge in [0.15, 0.2) is 5.15 Å². The average Bonchev–Trinajstić information content (AvgIpc) is 2.33. The van der Waals surface area contributed by atoms with Gasteiger partial charge in [0.05, 0.1) is 5.69 Å². The number of halogens is 4. The molecule has 1 unspecified atom stereocenters. The van der Waals surface area contributed by atoms with Crippen molar-refractivity contribution in [1.29, 1.82) is 0 Å². The van der Waals surface area contributed by atoms with Crippen LogP contribution in [0, 0.1) is 0 Å². The van der Waals surface area contributed by atoms with Gasteiger partial charge in [0.2, 0.25) is 0 Å². The van der Waals surface area contributed by atoms with Crippen molar-refractivity contribution < 1.29 is 0 Å². The van der Waals surface area contributed by atoms with Crippen molar-refractivity contribution in [2.24, 2.45) is 0 Å². The van der Waals surface area contributed by atoms with Gasteiger partial charge in [-0.05, 0) is 46.6 Å². The zero-order valence-electron chi connectivity index (χ0n) is 9.92. The highest BCUT2D eigenvalue weighted by Crippen LogP contribution is 2.31. The van der Waals surface area contributed by atoms with Crippen LogP contribution in [0.2, 0.25) is 5.15 Å². The molecule has 0 amide bonds. The van der Waals surface area contributed by atoms with Crippen LogP contribution in [-0.2, 0) is 0 Å². The van der Waals surface area contributed by atoms with E-state index in [0.717, 1.165) is 24.7 Å². The van der Waals surface area contributed by atoms with E-state index in [0.29, 0.717) is 5.15 Å². The van der Waals surface area contributed by atoms with Gasteiger partial charge in [0.1, 0.15) is 0 Å². The quantitative estimate of drug-likeness (QED) is 0.542. The summed E-state index contributed by atoms with van der Waals surface area (Å²) in [5.41, 5.74) is 1.96. The predicted molar refractivity (Wildman–Crippen MR) is 90.8 cm³/mol. The van der Waals surface area contributed by atoms with Gasteiger partial charge in [-0.25, -0.2) is 4.98 Å². The van der Waals surface area contributed by atoms with Crippen LogP contribution < -0.4 is 5.32 Å². The van der Waals surface area contributed by atoms with Crippen molar-refractivity contribution in [1.82, 2.24) is 4.98 Å². The first-order valence-corrected chi connectivity index (χ1v) is 8.25. The highest BCUT2D eigenvalue weighted by Gasteiger charge is 2.12. The van der Waals surface area contributed by atoms with Gasteiger partial charge in [-0.15, -0.1) is 0 Å². The second-order valence-electron chi connectivity index (χ2n) is 4.02. The molecule has 1 heterocycles. The third-order valence-corrected chi connectivity index (χ3v) is 4.52. The molecule has 2 rings (SSSR count). The number of hydrogen-bond donors (Lipinski definition) is 1. The lowest BCUT2D eigenvalue weighted by Crippen LogP contribution is -2.08. The molecule has 2 nitrogen and oxygen atoms in total. The minimum absolute atomic E-state index is 0.107. The van der Waals surface area contributed by atoms with Crippen LogP contribution in [-0.4, -0.2) is 4.98 Å². The lowest BCUT2D eigenvalue weighted by atomic mass is 10.1. The first kappa shape index (κ1) is 15.3. The van der Waals surface area contributed by atoms with Crippen molar-refractivity contribution in [3.05, 3.63) is 54.6 Å². The Morgan fingerprint density at radius 2 is 1.89 bits per heavy atom. The van der Waals surface area contributed by atoms with Crippen molar-refractivity contribution in [3.8, 4) is 0 Å². The summed E-state index contributed by atoms with van der Waals surface area (Å²) in [6.07, 6.45) is 1.67. The van der Waals surface area contributed by atoms with E-state index < -0.39 is 0 Å². The Balaban J connectivity index is 2.25. The van der Waals surface area contributed by atoms with Gasteiger partial charge in [0, 0.05) is 25.7 Å². The number of pyridine rings is 1. The Morgan fingerprint density at radius 1 is 1.16 bits per heavy atom. The largest absolute Gasteiger partial charge is 0.376 e. The Kier molecular flexibility index (Phi) is 5.29. The molecule has 0 aliphatic heterocycles. The molecule has 6 heteroatoms. The molecule has 0 saturated heterocycles. The number of nitrogens with one attached hydrogen (secondary N) is 1. The van der Waals surface area contributed by atoms with Gasteiger partial charge in [0.25, 0.3) is 0 Å². The molecule has 0 saturated carbocycles. The maximum Gasteiger partial charge on any atom is 0.152 e. The summed E-state index contributed by atoms with van der Waals surface area (Å²) >= 11 is 16.5. The third-order valence-electron chi connectivity index (χ3n) is 2.61. The van der Waals surface area contributed by atoms with Crippen molar-refractivity contribution in [3.63, 3.8) is 0 Å². The van der Waals surface area contributed by atoms with Crippen LogP contribution in [0.4, 0.5) is 5.69 Å². The van der Waals surface area contributed by atoms with E-state index in [2.05, 4.69) is 71.1 Å². The van der Waals surface area contributed by atoms with Gasteiger partial charge in [-0.2, -0.15) is 0 Å². The predicted octanol–water partition coefficient (Wildman–Crippen LogP) is 6.20. The van der Waals surface area contributed by atoms with Crippen molar-refractivity contribution in [2.75, 3.05) is 5.32 Å². The number of benzene rings is 1. The maximum atomic E-state index is 6.08. The topological polar surface area (TPSA) is 24.9 Å². The molecule has 0 aliphatic rings. The number of hydrogen-bond acceptors (Lipinski definition) is 2. The van der Waals surface area contributed by atoms with Crippen molar-refractivity contribution in [2.45, 2.75) is 13.0 Å². The Morgan fingerprint density at radius 3 is 2.58 bits per heavy atom. The van der Waals surface area contributed by atoms with Crippen molar-refractivity contribution >= 4 is 65.1 Å². The third kappa shape index (κ3) is 3.94. The molecule has 1 N–H and O–H groups in total. The second-order valence-corrected chi connectivity index (χ2v) is 7.07. The van der Waals surface area contributed by atoms with Crippen LogP contribution in [0.3, 0.4) is 0 Å². The summed E-state index contributed by atoms with van der Waals surface area (Å²) in [6.45, 7) is 2.07. The molecule has 2 aromatic rings. The summed E-state index contributed by atoms with van der Waals surface area (Å²) in [5.74, 6) is 0. The highest BCUT2D eigenvalue weighted by molar-refractivity contribution is 9.11. The molecule has 0 aliphatic carbocycles. The monoisotopic (exact) mass is 466 g/mol. The zero-order chi connectivity index (χ0) is 14.0. The first-order chi connectivity index (χ1) is 8.97. The summed E-state index contributed by atoms with van der Waals surface area (Å²) in [6, 6.07) is 8.12.